The highest BCUT2D eigenvalue weighted by Gasteiger charge is 2.10. The predicted molar refractivity (Wildman–Crippen MR) is 106 cm³/mol. The van der Waals surface area contributed by atoms with E-state index in [-0.39, 0.29) is 11.6 Å². The predicted octanol–water partition coefficient (Wildman–Crippen LogP) is 4.99. The molecule has 1 aliphatic carbocycles. The number of hydrogen-bond acceptors (Lipinski definition) is 4. The molecule has 6 heteroatoms. The van der Waals surface area contributed by atoms with Crippen LogP contribution in [0.5, 0.6) is 0 Å². The number of amides is 1. The average Bonchev–Trinajstić information content (AvgIpc) is 2.66. The molecule has 1 heterocycles. The second kappa shape index (κ2) is 8.81. The molecule has 136 valence electrons. The van der Waals surface area contributed by atoms with Crippen LogP contribution in [-0.2, 0) is 0 Å². The van der Waals surface area contributed by atoms with Crippen LogP contribution in [0.25, 0.3) is 0 Å². The Balaban J connectivity index is 1.54. The smallest absolute Gasteiger partial charge is 0.275 e. The van der Waals surface area contributed by atoms with Crippen LogP contribution in [0.4, 0.5) is 11.5 Å². The van der Waals surface area contributed by atoms with Crippen LogP contribution in [0.15, 0.2) is 42.2 Å². The van der Waals surface area contributed by atoms with Gasteiger partial charge in [0.05, 0.1) is 12.4 Å². The molecule has 1 aromatic heterocycles. The molecule has 0 aliphatic heterocycles. The van der Waals surface area contributed by atoms with Crippen molar-refractivity contribution in [1.82, 2.24) is 9.97 Å². The van der Waals surface area contributed by atoms with Crippen LogP contribution in [-0.4, -0.2) is 22.4 Å². The monoisotopic (exact) mass is 370 g/mol. The van der Waals surface area contributed by atoms with Gasteiger partial charge < -0.3 is 10.6 Å². The number of halogens is 1. The SMILES string of the molecule is Cc1ccc(Cl)cc1NC(=O)c1cnc(NCCC2=CCCCC2)cn1. The molecule has 1 aromatic carbocycles. The van der Waals surface area contributed by atoms with Gasteiger partial charge in [0.25, 0.3) is 5.91 Å². The summed E-state index contributed by atoms with van der Waals surface area (Å²) in [5.74, 6) is 0.374. The van der Waals surface area contributed by atoms with Crippen molar-refractivity contribution in [1.29, 1.82) is 0 Å². The lowest BCUT2D eigenvalue weighted by Crippen LogP contribution is -2.15. The molecule has 26 heavy (non-hydrogen) atoms. The fraction of sp³-hybridized carbons (Fsp3) is 0.350. The topological polar surface area (TPSA) is 66.9 Å². The van der Waals surface area contributed by atoms with Crippen LogP contribution in [0.2, 0.25) is 5.02 Å². The summed E-state index contributed by atoms with van der Waals surface area (Å²) >= 11 is 5.98. The number of nitrogens with one attached hydrogen (secondary N) is 2. The summed E-state index contributed by atoms with van der Waals surface area (Å²) < 4.78 is 0. The first-order valence-corrected chi connectivity index (χ1v) is 9.31. The van der Waals surface area contributed by atoms with E-state index in [1.165, 1.54) is 37.5 Å². The van der Waals surface area contributed by atoms with Gasteiger partial charge in [0.15, 0.2) is 0 Å². The highest BCUT2D eigenvalue weighted by molar-refractivity contribution is 6.31. The quantitative estimate of drug-likeness (QED) is 0.702. The van der Waals surface area contributed by atoms with Gasteiger partial charge in [0, 0.05) is 17.3 Å². The fourth-order valence-corrected chi connectivity index (χ4v) is 3.11. The molecule has 0 saturated heterocycles. The molecule has 0 radical (unpaired) electrons. The van der Waals surface area contributed by atoms with Gasteiger partial charge in [-0.3, -0.25) is 4.79 Å². The van der Waals surface area contributed by atoms with Gasteiger partial charge >= 0.3 is 0 Å². The molecule has 1 aliphatic rings. The first-order valence-electron chi connectivity index (χ1n) is 8.93. The first-order chi connectivity index (χ1) is 12.6. The van der Waals surface area contributed by atoms with Crippen molar-refractivity contribution in [3.05, 3.63) is 58.5 Å². The van der Waals surface area contributed by atoms with E-state index in [0.717, 1.165) is 18.5 Å². The van der Waals surface area contributed by atoms with Gasteiger partial charge in [-0.25, -0.2) is 9.97 Å². The molecule has 0 fully saturated rings. The number of carbonyl (C=O) groups is 1. The molecule has 0 spiro atoms. The lowest BCUT2D eigenvalue weighted by atomic mass is 9.97. The average molecular weight is 371 g/mol. The summed E-state index contributed by atoms with van der Waals surface area (Å²) in [6.45, 7) is 2.74. The van der Waals surface area contributed by atoms with E-state index in [1.54, 1.807) is 18.3 Å². The van der Waals surface area contributed by atoms with Gasteiger partial charge in [0.1, 0.15) is 11.5 Å². The van der Waals surface area contributed by atoms with E-state index in [9.17, 15) is 4.79 Å². The van der Waals surface area contributed by atoms with Gasteiger partial charge in [-0.05, 0) is 56.7 Å². The Morgan fingerprint density at radius 3 is 2.85 bits per heavy atom. The number of aromatic nitrogens is 2. The van der Waals surface area contributed by atoms with Crippen LogP contribution in [0.1, 0.15) is 48.2 Å². The molecule has 0 unspecified atom stereocenters. The van der Waals surface area contributed by atoms with E-state index >= 15 is 0 Å². The largest absolute Gasteiger partial charge is 0.368 e. The minimum atomic E-state index is -0.304. The Morgan fingerprint density at radius 2 is 2.12 bits per heavy atom. The minimum absolute atomic E-state index is 0.268. The number of hydrogen-bond donors (Lipinski definition) is 2. The number of anilines is 2. The Bertz CT molecular complexity index is 802. The van der Waals surface area contributed by atoms with Crippen molar-refractivity contribution in [3.8, 4) is 0 Å². The van der Waals surface area contributed by atoms with Gasteiger partial charge in [-0.1, -0.05) is 29.3 Å². The number of benzene rings is 1. The van der Waals surface area contributed by atoms with Crippen LogP contribution in [0.3, 0.4) is 0 Å². The lowest BCUT2D eigenvalue weighted by molar-refractivity contribution is 0.102. The molecule has 3 rings (SSSR count). The summed E-state index contributed by atoms with van der Waals surface area (Å²) in [5.41, 5.74) is 3.40. The summed E-state index contributed by atoms with van der Waals surface area (Å²) in [7, 11) is 0. The number of allylic oxidation sites excluding steroid dienone is 1. The molecular weight excluding hydrogens is 348 g/mol. The van der Waals surface area contributed by atoms with E-state index in [1.807, 2.05) is 13.0 Å². The van der Waals surface area contributed by atoms with Gasteiger partial charge in [-0.2, -0.15) is 0 Å². The second-order valence-electron chi connectivity index (χ2n) is 6.49. The third-order valence-electron chi connectivity index (χ3n) is 4.47. The van der Waals surface area contributed by atoms with Crippen molar-refractivity contribution in [2.45, 2.75) is 39.0 Å². The zero-order valence-electron chi connectivity index (χ0n) is 14.9. The second-order valence-corrected chi connectivity index (χ2v) is 6.92. The van der Waals surface area contributed by atoms with Gasteiger partial charge in [0.2, 0.25) is 0 Å². The number of carbonyl (C=O) groups excluding carboxylic acids is 1. The minimum Gasteiger partial charge on any atom is -0.368 e. The highest BCUT2D eigenvalue weighted by atomic mass is 35.5. The van der Waals surface area contributed by atoms with Crippen molar-refractivity contribution in [2.24, 2.45) is 0 Å². The Labute approximate surface area is 158 Å². The van der Waals surface area contributed by atoms with Crippen molar-refractivity contribution in [2.75, 3.05) is 17.2 Å². The van der Waals surface area contributed by atoms with E-state index in [4.69, 9.17) is 11.6 Å². The highest BCUT2D eigenvalue weighted by Crippen LogP contribution is 2.21. The summed E-state index contributed by atoms with van der Waals surface area (Å²) in [6.07, 6.45) is 11.5. The maximum absolute atomic E-state index is 12.3. The zero-order chi connectivity index (χ0) is 18.4. The molecule has 0 atom stereocenters. The number of rotatable bonds is 6. The van der Waals surface area contributed by atoms with E-state index in [2.05, 4.69) is 26.7 Å². The fourth-order valence-electron chi connectivity index (χ4n) is 2.93. The molecular formula is C20H23ClN4O. The molecule has 0 bridgehead atoms. The maximum Gasteiger partial charge on any atom is 0.275 e. The summed E-state index contributed by atoms with van der Waals surface area (Å²) in [5, 5.41) is 6.65. The van der Waals surface area contributed by atoms with Crippen LogP contribution >= 0.6 is 11.6 Å². The number of aryl methyl sites for hydroxylation is 1. The summed E-state index contributed by atoms with van der Waals surface area (Å²) in [6, 6.07) is 5.37. The zero-order valence-corrected chi connectivity index (χ0v) is 15.6. The third-order valence-corrected chi connectivity index (χ3v) is 4.70. The normalized spacial score (nSPS) is 13.8. The summed E-state index contributed by atoms with van der Waals surface area (Å²) in [4.78, 5) is 20.8. The molecule has 5 nitrogen and oxygen atoms in total. The maximum atomic E-state index is 12.3. The Kier molecular flexibility index (Phi) is 6.23. The standard InChI is InChI=1S/C20H23ClN4O/c1-14-7-8-16(21)11-17(14)25-20(26)18-12-24-19(13-23-18)22-10-9-15-5-3-2-4-6-15/h5,7-8,11-13H,2-4,6,9-10H2,1H3,(H,22,24)(H,25,26). The van der Waals surface area contributed by atoms with Crippen LogP contribution < -0.4 is 10.6 Å². The molecule has 2 N–H and O–H groups in total. The first kappa shape index (κ1) is 18.4. The van der Waals surface area contributed by atoms with E-state index < -0.39 is 0 Å². The molecule has 2 aromatic rings. The molecule has 1 amide bonds. The van der Waals surface area contributed by atoms with Gasteiger partial charge in [-0.15, -0.1) is 0 Å². The third kappa shape index (κ3) is 5.05. The van der Waals surface area contributed by atoms with Crippen molar-refractivity contribution in [3.63, 3.8) is 0 Å². The number of nitrogens with zero attached hydrogens (tertiary/aromatic N) is 2. The Morgan fingerprint density at radius 1 is 1.23 bits per heavy atom. The van der Waals surface area contributed by atoms with Crippen LogP contribution in [0, 0.1) is 6.92 Å². The Hall–Kier alpha value is -2.40. The van der Waals surface area contributed by atoms with E-state index in [0.29, 0.717) is 16.5 Å². The molecule has 0 saturated carbocycles. The van der Waals surface area contributed by atoms with Crippen molar-refractivity contribution >= 4 is 29.0 Å². The van der Waals surface area contributed by atoms with Crippen molar-refractivity contribution < 1.29 is 4.79 Å². The lowest BCUT2D eigenvalue weighted by Gasteiger charge is -2.13.